The maximum Gasteiger partial charge on any atom is 0.267 e. The molecule has 1 amide bonds. The number of aryl methyl sites for hydroxylation is 1. The molecule has 5 nitrogen and oxygen atoms in total. The maximum absolute atomic E-state index is 12.3. The van der Waals surface area contributed by atoms with E-state index in [-0.39, 0.29) is 5.91 Å². The third kappa shape index (κ3) is 2.48. The smallest absolute Gasteiger partial charge is 0.267 e. The van der Waals surface area contributed by atoms with Gasteiger partial charge in [0.2, 0.25) is 0 Å². The lowest BCUT2D eigenvalue weighted by Gasteiger charge is -2.23. The van der Waals surface area contributed by atoms with Gasteiger partial charge >= 0.3 is 0 Å². The van der Waals surface area contributed by atoms with Crippen LogP contribution in [0.5, 0.6) is 0 Å². The van der Waals surface area contributed by atoms with E-state index in [4.69, 9.17) is 0 Å². The van der Waals surface area contributed by atoms with E-state index in [0.717, 1.165) is 37.4 Å². The average Bonchev–Trinajstić information content (AvgIpc) is 3.04. The Labute approximate surface area is 124 Å². The number of amides is 1. The molecule has 1 atom stereocenters. The molecule has 0 saturated heterocycles. The molecule has 1 aliphatic heterocycles. The monoisotopic (exact) mass is 284 g/mol. The molecule has 2 aromatic rings. The number of nitrogens with zero attached hydrogens (tertiary/aromatic N) is 3. The van der Waals surface area contributed by atoms with Gasteiger partial charge in [-0.3, -0.25) is 4.79 Å². The first kappa shape index (κ1) is 12.7. The van der Waals surface area contributed by atoms with Gasteiger partial charge in [-0.15, -0.1) is 0 Å². The third-order valence-corrected chi connectivity index (χ3v) is 4.55. The van der Waals surface area contributed by atoms with Crippen molar-refractivity contribution in [3.8, 4) is 0 Å². The Morgan fingerprint density at radius 2 is 2.24 bits per heavy atom. The SMILES string of the molecule is O=C(NCC1CCn2ccnc2C1)c1cccn1C1CC1. The number of nitrogens with one attached hydrogen (secondary N) is 1. The standard InChI is InChI=1S/C16H20N4O/c21-16(14-2-1-7-20(14)13-3-4-13)18-11-12-5-8-19-9-6-17-15(19)10-12/h1-2,6-7,9,12-13H,3-5,8,10-11H2,(H,18,21). The number of aromatic nitrogens is 3. The highest BCUT2D eigenvalue weighted by atomic mass is 16.1. The van der Waals surface area contributed by atoms with E-state index >= 15 is 0 Å². The van der Waals surface area contributed by atoms with Crippen molar-refractivity contribution in [2.45, 2.75) is 38.3 Å². The van der Waals surface area contributed by atoms with Gasteiger partial charge in [-0.2, -0.15) is 0 Å². The van der Waals surface area contributed by atoms with Crippen molar-refractivity contribution in [1.82, 2.24) is 19.4 Å². The van der Waals surface area contributed by atoms with Crippen LogP contribution in [0, 0.1) is 5.92 Å². The van der Waals surface area contributed by atoms with Crippen LogP contribution in [-0.2, 0) is 13.0 Å². The van der Waals surface area contributed by atoms with Crippen LogP contribution in [0.1, 0.15) is 41.6 Å². The molecule has 3 heterocycles. The normalized spacial score (nSPS) is 21.0. The fraction of sp³-hybridized carbons (Fsp3) is 0.500. The molecular weight excluding hydrogens is 264 g/mol. The molecular formula is C16H20N4O. The fourth-order valence-electron chi connectivity index (χ4n) is 3.17. The minimum absolute atomic E-state index is 0.0563. The molecule has 2 aromatic heterocycles. The summed E-state index contributed by atoms with van der Waals surface area (Å²) >= 11 is 0. The predicted molar refractivity (Wildman–Crippen MR) is 79.1 cm³/mol. The van der Waals surface area contributed by atoms with E-state index in [1.807, 2.05) is 30.7 Å². The number of rotatable bonds is 4. The van der Waals surface area contributed by atoms with Crippen molar-refractivity contribution in [3.05, 3.63) is 42.2 Å². The van der Waals surface area contributed by atoms with E-state index in [1.165, 1.54) is 12.8 Å². The zero-order valence-electron chi connectivity index (χ0n) is 12.0. The van der Waals surface area contributed by atoms with Gasteiger partial charge in [0, 0.05) is 44.1 Å². The first-order chi connectivity index (χ1) is 10.3. The highest BCUT2D eigenvalue weighted by molar-refractivity contribution is 5.92. The van der Waals surface area contributed by atoms with Crippen LogP contribution in [0.25, 0.3) is 0 Å². The molecule has 2 aliphatic rings. The topological polar surface area (TPSA) is 51.9 Å². The third-order valence-electron chi connectivity index (χ3n) is 4.55. The molecule has 0 bridgehead atoms. The van der Waals surface area contributed by atoms with Crippen LogP contribution in [0.2, 0.25) is 0 Å². The minimum atomic E-state index is 0.0563. The molecule has 1 aliphatic carbocycles. The lowest BCUT2D eigenvalue weighted by Crippen LogP contribution is -2.34. The fourth-order valence-corrected chi connectivity index (χ4v) is 3.17. The Hall–Kier alpha value is -2.04. The largest absolute Gasteiger partial charge is 0.350 e. The molecule has 1 fully saturated rings. The van der Waals surface area contributed by atoms with Crippen molar-refractivity contribution in [3.63, 3.8) is 0 Å². The van der Waals surface area contributed by atoms with Gasteiger partial charge in [0.05, 0.1) is 0 Å². The van der Waals surface area contributed by atoms with Crippen LogP contribution in [0.15, 0.2) is 30.7 Å². The quantitative estimate of drug-likeness (QED) is 0.933. The predicted octanol–water partition coefficient (Wildman–Crippen LogP) is 2.01. The molecule has 1 saturated carbocycles. The minimum Gasteiger partial charge on any atom is -0.350 e. The molecule has 0 aromatic carbocycles. The molecule has 1 unspecified atom stereocenters. The first-order valence-electron chi connectivity index (χ1n) is 7.76. The van der Waals surface area contributed by atoms with Gasteiger partial charge in [-0.25, -0.2) is 4.98 Å². The van der Waals surface area contributed by atoms with Gasteiger partial charge in [0.1, 0.15) is 11.5 Å². The van der Waals surface area contributed by atoms with Crippen molar-refractivity contribution in [1.29, 1.82) is 0 Å². The summed E-state index contributed by atoms with van der Waals surface area (Å²) in [6, 6.07) is 4.43. The van der Waals surface area contributed by atoms with Crippen molar-refractivity contribution < 1.29 is 4.79 Å². The zero-order chi connectivity index (χ0) is 14.2. The van der Waals surface area contributed by atoms with E-state index in [9.17, 15) is 4.79 Å². The number of hydrogen-bond acceptors (Lipinski definition) is 2. The Balaban J connectivity index is 1.36. The second kappa shape index (κ2) is 5.06. The summed E-state index contributed by atoms with van der Waals surface area (Å²) in [6.07, 6.45) is 10.4. The van der Waals surface area contributed by atoms with E-state index < -0.39 is 0 Å². The molecule has 5 heteroatoms. The summed E-state index contributed by atoms with van der Waals surface area (Å²) in [5, 5.41) is 3.10. The van der Waals surface area contributed by atoms with E-state index in [2.05, 4.69) is 19.4 Å². The first-order valence-corrected chi connectivity index (χ1v) is 7.76. The van der Waals surface area contributed by atoms with Crippen molar-refractivity contribution >= 4 is 5.91 Å². The van der Waals surface area contributed by atoms with Gasteiger partial charge in [0.15, 0.2) is 0 Å². The molecule has 0 radical (unpaired) electrons. The Morgan fingerprint density at radius 3 is 3.10 bits per heavy atom. The molecule has 4 rings (SSSR count). The molecule has 110 valence electrons. The van der Waals surface area contributed by atoms with Gasteiger partial charge in [-0.05, 0) is 37.3 Å². The number of fused-ring (bicyclic) bond motifs is 1. The van der Waals surface area contributed by atoms with Gasteiger partial charge in [0.25, 0.3) is 5.91 Å². The second-order valence-electron chi connectivity index (χ2n) is 6.14. The van der Waals surface area contributed by atoms with Crippen LogP contribution >= 0.6 is 0 Å². The average molecular weight is 284 g/mol. The summed E-state index contributed by atoms with van der Waals surface area (Å²) < 4.78 is 4.32. The van der Waals surface area contributed by atoms with Crippen LogP contribution < -0.4 is 5.32 Å². The summed E-state index contributed by atoms with van der Waals surface area (Å²) in [6.45, 7) is 1.75. The highest BCUT2D eigenvalue weighted by Gasteiger charge is 2.27. The Bertz CT molecular complexity index is 653. The summed E-state index contributed by atoms with van der Waals surface area (Å²) in [5.74, 6) is 1.69. The molecule has 21 heavy (non-hydrogen) atoms. The van der Waals surface area contributed by atoms with E-state index in [0.29, 0.717) is 12.0 Å². The zero-order valence-corrected chi connectivity index (χ0v) is 12.0. The summed E-state index contributed by atoms with van der Waals surface area (Å²) in [5.41, 5.74) is 0.801. The second-order valence-corrected chi connectivity index (χ2v) is 6.14. The number of hydrogen-bond donors (Lipinski definition) is 1. The Morgan fingerprint density at radius 1 is 1.33 bits per heavy atom. The number of carbonyl (C=O) groups excluding carboxylic acids is 1. The molecule has 1 N–H and O–H groups in total. The van der Waals surface area contributed by atoms with Crippen LogP contribution in [0.3, 0.4) is 0 Å². The van der Waals surface area contributed by atoms with Gasteiger partial charge in [-0.1, -0.05) is 0 Å². The van der Waals surface area contributed by atoms with E-state index in [1.54, 1.807) is 0 Å². The van der Waals surface area contributed by atoms with Gasteiger partial charge < -0.3 is 14.5 Å². The van der Waals surface area contributed by atoms with Crippen LogP contribution in [-0.4, -0.2) is 26.6 Å². The lowest BCUT2D eigenvalue weighted by atomic mass is 9.98. The van der Waals surface area contributed by atoms with Crippen molar-refractivity contribution in [2.75, 3.05) is 6.54 Å². The number of imidazole rings is 1. The number of carbonyl (C=O) groups is 1. The highest BCUT2D eigenvalue weighted by Crippen LogP contribution is 2.36. The Kier molecular flexibility index (Phi) is 3.05. The lowest BCUT2D eigenvalue weighted by molar-refractivity contribution is 0.0935. The summed E-state index contributed by atoms with van der Waals surface area (Å²) in [7, 11) is 0. The summed E-state index contributed by atoms with van der Waals surface area (Å²) in [4.78, 5) is 16.7. The maximum atomic E-state index is 12.3. The molecule has 0 spiro atoms. The van der Waals surface area contributed by atoms with Crippen LogP contribution in [0.4, 0.5) is 0 Å². The van der Waals surface area contributed by atoms with Crippen molar-refractivity contribution in [2.24, 2.45) is 5.92 Å².